The van der Waals surface area contributed by atoms with Crippen LogP contribution in [0.25, 0.3) is 0 Å². The van der Waals surface area contributed by atoms with E-state index in [4.69, 9.17) is 10.00 Å². The van der Waals surface area contributed by atoms with Crippen LogP contribution in [0, 0.1) is 11.3 Å². The highest BCUT2D eigenvalue weighted by Gasteiger charge is 2.12. The van der Waals surface area contributed by atoms with Gasteiger partial charge in [-0.25, -0.2) is 0 Å². The van der Waals surface area contributed by atoms with Crippen molar-refractivity contribution in [1.82, 2.24) is 0 Å². The van der Waals surface area contributed by atoms with Gasteiger partial charge in [0.25, 0.3) is 0 Å². The van der Waals surface area contributed by atoms with Crippen LogP contribution in [0.3, 0.4) is 0 Å². The molecule has 0 saturated heterocycles. The van der Waals surface area contributed by atoms with E-state index in [2.05, 4.69) is 6.07 Å². The number of nitriles is 1. The van der Waals surface area contributed by atoms with Gasteiger partial charge in [0.05, 0.1) is 24.3 Å². The van der Waals surface area contributed by atoms with Crippen molar-refractivity contribution in [3.05, 3.63) is 29.3 Å². The van der Waals surface area contributed by atoms with Crippen LogP contribution in [0.5, 0.6) is 0 Å². The Kier molecular flexibility index (Phi) is 5.63. The average molecular weight is 248 g/mol. The second-order valence-electron chi connectivity index (χ2n) is 4.18. The predicted octanol–water partition coefficient (Wildman–Crippen LogP) is 2.08. The summed E-state index contributed by atoms with van der Waals surface area (Å²) in [6, 6.07) is 7.44. The van der Waals surface area contributed by atoms with Crippen molar-refractivity contribution in [2.24, 2.45) is 0 Å². The lowest BCUT2D eigenvalue weighted by atomic mass is 10.0. The Balaban J connectivity index is 2.93. The van der Waals surface area contributed by atoms with E-state index in [0.717, 1.165) is 17.8 Å². The fraction of sp³-hybridized carbons (Fsp3) is 0.500. The molecule has 0 bridgehead atoms. The Morgan fingerprint density at radius 1 is 1.50 bits per heavy atom. The number of likely N-dealkylation sites (N-methyl/N-ethyl adjacent to an activating group) is 1. The highest BCUT2D eigenvalue weighted by atomic mass is 16.5. The van der Waals surface area contributed by atoms with Gasteiger partial charge in [-0.05, 0) is 26.0 Å². The summed E-state index contributed by atoms with van der Waals surface area (Å²) in [6.07, 6.45) is -0.553. The van der Waals surface area contributed by atoms with Gasteiger partial charge >= 0.3 is 0 Å². The van der Waals surface area contributed by atoms with Crippen molar-refractivity contribution in [3.8, 4) is 6.07 Å². The van der Waals surface area contributed by atoms with E-state index in [9.17, 15) is 5.11 Å². The molecule has 0 aliphatic rings. The average Bonchev–Trinajstić information content (AvgIpc) is 2.38. The van der Waals surface area contributed by atoms with Gasteiger partial charge in [0.15, 0.2) is 0 Å². The summed E-state index contributed by atoms with van der Waals surface area (Å²) in [5.41, 5.74) is 2.30. The summed E-state index contributed by atoms with van der Waals surface area (Å²) < 4.78 is 5.31. The smallest absolute Gasteiger partial charge is 0.0992 e. The highest BCUT2D eigenvalue weighted by molar-refractivity contribution is 5.58. The molecule has 1 rings (SSSR count). The molecule has 0 radical (unpaired) electrons. The molecule has 1 atom stereocenters. The van der Waals surface area contributed by atoms with Gasteiger partial charge in [-0.15, -0.1) is 0 Å². The molecule has 4 nitrogen and oxygen atoms in total. The van der Waals surface area contributed by atoms with Crippen molar-refractivity contribution < 1.29 is 9.84 Å². The van der Waals surface area contributed by atoms with Crippen LogP contribution in [0.2, 0.25) is 0 Å². The minimum Gasteiger partial charge on any atom is -0.389 e. The lowest BCUT2D eigenvalue weighted by Crippen LogP contribution is -2.24. The summed E-state index contributed by atoms with van der Waals surface area (Å²) in [5, 5.41) is 18.7. The van der Waals surface area contributed by atoms with Gasteiger partial charge in [0, 0.05) is 31.5 Å². The summed E-state index contributed by atoms with van der Waals surface area (Å²) in [4.78, 5) is 2.00. The Morgan fingerprint density at radius 3 is 2.78 bits per heavy atom. The molecule has 18 heavy (non-hydrogen) atoms. The van der Waals surface area contributed by atoms with Crippen molar-refractivity contribution in [2.75, 3.05) is 31.7 Å². The first-order valence-electron chi connectivity index (χ1n) is 6.11. The van der Waals surface area contributed by atoms with Gasteiger partial charge in [-0.3, -0.25) is 0 Å². The molecule has 1 unspecified atom stereocenters. The van der Waals surface area contributed by atoms with Crippen molar-refractivity contribution in [3.63, 3.8) is 0 Å². The van der Waals surface area contributed by atoms with Crippen LogP contribution in [0.4, 0.5) is 5.69 Å². The van der Waals surface area contributed by atoms with Gasteiger partial charge in [0.1, 0.15) is 0 Å². The topological polar surface area (TPSA) is 56.5 Å². The van der Waals surface area contributed by atoms with Crippen LogP contribution < -0.4 is 4.90 Å². The Labute approximate surface area is 108 Å². The summed E-state index contributed by atoms with van der Waals surface area (Å²) >= 11 is 0. The predicted molar refractivity (Wildman–Crippen MR) is 71.6 cm³/mol. The third-order valence-corrected chi connectivity index (χ3v) is 2.80. The number of hydrogen-bond acceptors (Lipinski definition) is 4. The zero-order valence-corrected chi connectivity index (χ0v) is 11.2. The Morgan fingerprint density at radius 2 is 2.22 bits per heavy atom. The lowest BCUT2D eigenvalue weighted by Gasteiger charge is -2.23. The highest BCUT2D eigenvalue weighted by Crippen LogP contribution is 2.26. The molecule has 0 aromatic heterocycles. The number of benzene rings is 1. The molecule has 98 valence electrons. The van der Waals surface area contributed by atoms with Crippen molar-refractivity contribution >= 4 is 5.69 Å². The van der Waals surface area contributed by atoms with Crippen LogP contribution in [0.1, 0.15) is 31.1 Å². The van der Waals surface area contributed by atoms with Crippen LogP contribution in [0.15, 0.2) is 18.2 Å². The van der Waals surface area contributed by atoms with Gasteiger partial charge in [0.2, 0.25) is 0 Å². The largest absolute Gasteiger partial charge is 0.389 e. The maximum Gasteiger partial charge on any atom is 0.0992 e. The SMILES string of the molecule is CCOCCN(C)c1cc(C#N)ccc1C(C)O. The monoisotopic (exact) mass is 248 g/mol. The number of nitrogens with zero attached hydrogens (tertiary/aromatic N) is 2. The van der Waals surface area contributed by atoms with E-state index >= 15 is 0 Å². The molecule has 0 fully saturated rings. The molecule has 0 saturated carbocycles. The first kappa shape index (κ1) is 14.5. The van der Waals surface area contributed by atoms with E-state index in [1.807, 2.05) is 18.9 Å². The van der Waals surface area contributed by atoms with Crippen LogP contribution >= 0.6 is 0 Å². The van der Waals surface area contributed by atoms with E-state index in [1.165, 1.54) is 0 Å². The number of aliphatic hydroxyl groups excluding tert-OH is 1. The normalized spacial score (nSPS) is 11.9. The van der Waals surface area contributed by atoms with Gasteiger partial charge in [-0.2, -0.15) is 5.26 Å². The standard InChI is InChI=1S/C14H20N2O2/c1-4-18-8-7-16(3)14-9-12(10-15)5-6-13(14)11(2)17/h5-6,9,11,17H,4,7-8H2,1-3H3. The number of rotatable bonds is 6. The fourth-order valence-electron chi connectivity index (χ4n) is 1.76. The van der Waals surface area contributed by atoms with Crippen molar-refractivity contribution in [2.45, 2.75) is 20.0 Å². The zero-order valence-electron chi connectivity index (χ0n) is 11.2. The second kappa shape index (κ2) is 7.00. The minimum absolute atomic E-state index is 0.553. The molecule has 0 heterocycles. The molecule has 1 N–H and O–H groups in total. The fourth-order valence-corrected chi connectivity index (χ4v) is 1.76. The summed E-state index contributed by atoms with van der Waals surface area (Å²) in [7, 11) is 1.93. The Hall–Kier alpha value is -1.57. The van der Waals surface area contributed by atoms with E-state index in [1.54, 1.807) is 25.1 Å². The number of aliphatic hydroxyl groups is 1. The third kappa shape index (κ3) is 3.73. The molecule has 1 aromatic carbocycles. The van der Waals surface area contributed by atoms with Gasteiger partial charge < -0.3 is 14.7 Å². The van der Waals surface area contributed by atoms with Crippen LogP contribution in [-0.4, -0.2) is 31.9 Å². The summed E-state index contributed by atoms with van der Waals surface area (Å²) in [6.45, 7) is 5.72. The second-order valence-corrected chi connectivity index (χ2v) is 4.18. The van der Waals surface area contributed by atoms with Gasteiger partial charge in [-0.1, -0.05) is 6.07 Å². The molecule has 0 aliphatic heterocycles. The first-order valence-corrected chi connectivity index (χ1v) is 6.11. The molecular formula is C14H20N2O2. The Bertz CT molecular complexity index is 424. The quantitative estimate of drug-likeness (QED) is 0.783. The maximum atomic E-state index is 9.75. The molecule has 0 aliphatic carbocycles. The third-order valence-electron chi connectivity index (χ3n) is 2.80. The number of hydrogen-bond donors (Lipinski definition) is 1. The van der Waals surface area contributed by atoms with E-state index in [-0.39, 0.29) is 0 Å². The molecular weight excluding hydrogens is 228 g/mol. The summed E-state index contributed by atoms with van der Waals surface area (Å²) in [5.74, 6) is 0. The molecule has 1 aromatic rings. The molecule has 0 spiro atoms. The van der Waals surface area contributed by atoms with Crippen molar-refractivity contribution in [1.29, 1.82) is 5.26 Å². The maximum absolute atomic E-state index is 9.75. The van der Waals surface area contributed by atoms with E-state index < -0.39 is 6.10 Å². The molecule has 0 amide bonds. The number of anilines is 1. The molecule has 4 heteroatoms. The first-order chi connectivity index (χ1) is 8.60. The van der Waals surface area contributed by atoms with Crippen LogP contribution in [-0.2, 0) is 4.74 Å². The van der Waals surface area contributed by atoms with E-state index in [0.29, 0.717) is 18.8 Å². The number of ether oxygens (including phenoxy) is 1. The zero-order chi connectivity index (χ0) is 13.5. The minimum atomic E-state index is -0.553. The lowest BCUT2D eigenvalue weighted by molar-refractivity contribution is 0.154.